The Balaban J connectivity index is 1.25. The Labute approximate surface area is 204 Å². The highest BCUT2D eigenvalue weighted by Gasteiger charge is 2.68. The zero-order valence-electron chi connectivity index (χ0n) is 22.3. The fourth-order valence-electron chi connectivity index (χ4n) is 11.7. The molecule has 5 saturated carbocycles. The molecule has 6 rings (SSSR count). The van der Waals surface area contributed by atoms with Crippen LogP contribution >= 0.6 is 0 Å². The molecule has 0 aromatic heterocycles. The van der Waals surface area contributed by atoms with Gasteiger partial charge in [0.15, 0.2) is 6.29 Å². The van der Waals surface area contributed by atoms with Crippen LogP contribution in [0.4, 0.5) is 0 Å². The Morgan fingerprint density at radius 1 is 0.697 bits per heavy atom. The van der Waals surface area contributed by atoms with E-state index in [1.54, 1.807) is 0 Å². The van der Waals surface area contributed by atoms with Crippen LogP contribution in [-0.4, -0.2) is 19.5 Å². The molecule has 0 aromatic carbocycles. The molecule has 1 aliphatic heterocycles. The molecule has 0 bridgehead atoms. The molecule has 0 amide bonds. The first-order chi connectivity index (χ1) is 15.8. The van der Waals surface area contributed by atoms with Crippen molar-refractivity contribution in [1.82, 2.24) is 0 Å². The van der Waals surface area contributed by atoms with E-state index in [0.29, 0.717) is 21.7 Å². The predicted molar refractivity (Wildman–Crippen MR) is 135 cm³/mol. The molecule has 2 nitrogen and oxygen atoms in total. The summed E-state index contributed by atoms with van der Waals surface area (Å²) < 4.78 is 12.5. The maximum absolute atomic E-state index is 6.55. The van der Waals surface area contributed by atoms with Crippen molar-refractivity contribution < 1.29 is 9.47 Å². The Hall–Kier alpha value is -0.0800. The van der Waals surface area contributed by atoms with Crippen LogP contribution in [0, 0.1) is 51.2 Å². The standard InChI is InChI=1S/C31H52O2/c1-22-9-7-15-28(2)23(22)14-17-30(4)26(28)13-12-24-25-10-8-16-31(25,19-18-29(24,30)3)21-33-27-11-5-6-20-32-27/h22-27H,5-21H2,1-4H3/t22?,23?,24?,25?,26?,27?,28?,29-,30?,31?/m1/s1. The maximum atomic E-state index is 6.55. The molecular weight excluding hydrogens is 404 g/mol. The normalized spacial score (nSPS) is 56.4. The van der Waals surface area contributed by atoms with E-state index in [1.807, 2.05) is 0 Å². The van der Waals surface area contributed by atoms with Gasteiger partial charge in [-0.1, -0.05) is 47.0 Å². The lowest BCUT2D eigenvalue weighted by Gasteiger charge is -2.71. The fraction of sp³-hybridized carbons (Fsp3) is 1.00. The molecule has 0 radical (unpaired) electrons. The molecule has 33 heavy (non-hydrogen) atoms. The first-order valence-electron chi connectivity index (χ1n) is 15.1. The van der Waals surface area contributed by atoms with Crippen molar-refractivity contribution in [3.63, 3.8) is 0 Å². The van der Waals surface area contributed by atoms with E-state index < -0.39 is 0 Å². The second kappa shape index (κ2) is 8.22. The van der Waals surface area contributed by atoms with Gasteiger partial charge < -0.3 is 9.47 Å². The van der Waals surface area contributed by atoms with Gasteiger partial charge in [0.05, 0.1) is 6.61 Å². The van der Waals surface area contributed by atoms with Gasteiger partial charge in [-0.2, -0.15) is 0 Å². The van der Waals surface area contributed by atoms with Gasteiger partial charge in [0.25, 0.3) is 0 Å². The molecule has 6 aliphatic rings. The minimum atomic E-state index is 0.0828. The third-order valence-electron chi connectivity index (χ3n) is 13.6. The highest BCUT2D eigenvalue weighted by atomic mass is 16.7. The predicted octanol–water partition coefficient (Wildman–Crippen LogP) is 8.39. The number of hydrogen-bond donors (Lipinski definition) is 0. The Kier molecular flexibility index (Phi) is 5.81. The van der Waals surface area contributed by atoms with Crippen LogP contribution in [0.1, 0.15) is 124 Å². The van der Waals surface area contributed by atoms with Crippen molar-refractivity contribution in [2.24, 2.45) is 51.2 Å². The molecule has 188 valence electrons. The molecule has 2 heteroatoms. The van der Waals surface area contributed by atoms with E-state index in [0.717, 1.165) is 49.2 Å². The van der Waals surface area contributed by atoms with Crippen LogP contribution in [0.5, 0.6) is 0 Å². The summed E-state index contributed by atoms with van der Waals surface area (Å²) >= 11 is 0. The minimum Gasteiger partial charge on any atom is -0.353 e. The van der Waals surface area contributed by atoms with Crippen molar-refractivity contribution >= 4 is 0 Å². The van der Waals surface area contributed by atoms with Crippen LogP contribution in [0.25, 0.3) is 0 Å². The molecule has 0 aromatic rings. The molecule has 1 saturated heterocycles. The van der Waals surface area contributed by atoms with Gasteiger partial charge in [0.1, 0.15) is 0 Å². The van der Waals surface area contributed by atoms with Crippen LogP contribution < -0.4 is 0 Å². The zero-order valence-corrected chi connectivity index (χ0v) is 22.3. The van der Waals surface area contributed by atoms with Crippen molar-refractivity contribution in [2.45, 2.75) is 130 Å². The first kappa shape index (κ1) is 23.3. The van der Waals surface area contributed by atoms with Gasteiger partial charge in [-0.25, -0.2) is 0 Å². The SMILES string of the molecule is CC1CCCC2(C)C1CCC1(C)C2CCC2C3CCCC3(COC3CCCCO3)CC[C@]21C. The lowest BCUT2D eigenvalue weighted by atomic mass is 9.33. The first-order valence-corrected chi connectivity index (χ1v) is 15.1. The van der Waals surface area contributed by atoms with E-state index in [2.05, 4.69) is 27.7 Å². The van der Waals surface area contributed by atoms with Gasteiger partial charge >= 0.3 is 0 Å². The fourth-order valence-corrected chi connectivity index (χ4v) is 11.7. The Bertz CT molecular complexity index is 728. The summed E-state index contributed by atoms with van der Waals surface area (Å²) in [4.78, 5) is 0. The highest BCUT2D eigenvalue weighted by Crippen LogP contribution is 2.76. The number of hydrogen-bond acceptors (Lipinski definition) is 2. The van der Waals surface area contributed by atoms with Gasteiger partial charge in [0.2, 0.25) is 0 Å². The maximum Gasteiger partial charge on any atom is 0.157 e. The van der Waals surface area contributed by atoms with Crippen molar-refractivity contribution in [3.8, 4) is 0 Å². The van der Waals surface area contributed by atoms with Gasteiger partial charge in [-0.3, -0.25) is 0 Å². The number of ether oxygens (including phenoxy) is 2. The average Bonchev–Trinajstić information content (AvgIpc) is 3.23. The molecule has 10 atom stereocenters. The molecule has 1 heterocycles. The summed E-state index contributed by atoms with van der Waals surface area (Å²) in [5.74, 6) is 4.71. The summed E-state index contributed by atoms with van der Waals surface area (Å²) in [6, 6.07) is 0. The molecule has 6 fully saturated rings. The zero-order chi connectivity index (χ0) is 22.9. The number of rotatable bonds is 3. The second-order valence-electron chi connectivity index (χ2n) is 14.6. The summed E-state index contributed by atoms with van der Waals surface area (Å²) in [5.41, 5.74) is 2.13. The van der Waals surface area contributed by atoms with Crippen molar-refractivity contribution in [3.05, 3.63) is 0 Å². The summed E-state index contributed by atoms with van der Waals surface area (Å²) in [5, 5.41) is 0. The second-order valence-corrected chi connectivity index (χ2v) is 14.6. The van der Waals surface area contributed by atoms with Gasteiger partial charge in [0, 0.05) is 6.61 Å². The molecule has 0 N–H and O–H groups in total. The molecule has 9 unspecified atom stereocenters. The average molecular weight is 457 g/mol. The van der Waals surface area contributed by atoms with Crippen LogP contribution in [0.15, 0.2) is 0 Å². The van der Waals surface area contributed by atoms with E-state index >= 15 is 0 Å². The quantitative estimate of drug-likeness (QED) is 0.424. The number of fused-ring (bicyclic) bond motifs is 7. The van der Waals surface area contributed by atoms with Gasteiger partial charge in [-0.15, -0.1) is 0 Å². The van der Waals surface area contributed by atoms with E-state index in [-0.39, 0.29) is 6.29 Å². The summed E-state index contributed by atoms with van der Waals surface area (Å²) in [6.07, 6.45) is 21.3. The summed E-state index contributed by atoms with van der Waals surface area (Å²) in [6.45, 7) is 12.8. The lowest BCUT2D eigenvalue weighted by molar-refractivity contribution is -0.239. The van der Waals surface area contributed by atoms with Crippen LogP contribution in [-0.2, 0) is 9.47 Å². The minimum absolute atomic E-state index is 0.0828. The summed E-state index contributed by atoms with van der Waals surface area (Å²) in [7, 11) is 0. The van der Waals surface area contributed by atoms with E-state index in [4.69, 9.17) is 9.47 Å². The third-order valence-corrected chi connectivity index (χ3v) is 13.6. The largest absolute Gasteiger partial charge is 0.353 e. The van der Waals surface area contributed by atoms with Crippen molar-refractivity contribution in [1.29, 1.82) is 0 Å². The van der Waals surface area contributed by atoms with Crippen LogP contribution in [0.3, 0.4) is 0 Å². The molecular formula is C31H52O2. The van der Waals surface area contributed by atoms with Gasteiger partial charge in [-0.05, 0) is 128 Å². The van der Waals surface area contributed by atoms with E-state index in [9.17, 15) is 0 Å². The molecule has 0 spiro atoms. The topological polar surface area (TPSA) is 18.5 Å². The lowest BCUT2D eigenvalue weighted by Crippen LogP contribution is -2.64. The molecule has 5 aliphatic carbocycles. The van der Waals surface area contributed by atoms with E-state index in [1.165, 1.54) is 89.9 Å². The Morgan fingerprint density at radius 3 is 2.36 bits per heavy atom. The Morgan fingerprint density at radius 2 is 1.55 bits per heavy atom. The third kappa shape index (κ3) is 3.31. The monoisotopic (exact) mass is 456 g/mol. The smallest absolute Gasteiger partial charge is 0.157 e. The van der Waals surface area contributed by atoms with Crippen LogP contribution in [0.2, 0.25) is 0 Å². The highest BCUT2D eigenvalue weighted by molar-refractivity contribution is 5.17. The van der Waals surface area contributed by atoms with Crippen molar-refractivity contribution in [2.75, 3.05) is 13.2 Å².